The van der Waals surface area contributed by atoms with E-state index in [1.54, 1.807) is 6.21 Å². The average Bonchev–Trinajstić information content (AvgIpc) is 1.96. The van der Waals surface area contributed by atoms with E-state index in [4.69, 9.17) is 0 Å². The van der Waals surface area contributed by atoms with Crippen molar-refractivity contribution >= 4 is 6.21 Å². The first kappa shape index (κ1) is 10.2. The highest BCUT2D eigenvalue weighted by atomic mass is 14.6. The van der Waals surface area contributed by atoms with E-state index in [0.29, 0.717) is 0 Å². The molecule has 0 spiro atoms. The SMILES string of the molecule is C\C=C/C=N\C=C/CC(C)C. The summed E-state index contributed by atoms with van der Waals surface area (Å²) in [4.78, 5) is 4.04. The minimum absolute atomic E-state index is 0.725. The average molecular weight is 151 g/mol. The van der Waals surface area contributed by atoms with E-state index in [9.17, 15) is 0 Å². The van der Waals surface area contributed by atoms with Crippen molar-refractivity contribution in [3.8, 4) is 0 Å². The summed E-state index contributed by atoms with van der Waals surface area (Å²) in [6.07, 6.45) is 10.7. The number of nitrogens with zero attached hydrogens (tertiary/aromatic N) is 1. The fraction of sp³-hybridized carbons (Fsp3) is 0.500. The van der Waals surface area contributed by atoms with E-state index in [2.05, 4.69) is 24.9 Å². The molecule has 0 aromatic rings. The van der Waals surface area contributed by atoms with Crippen molar-refractivity contribution in [1.82, 2.24) is 0 Å². The van der Waals surface area contributed by atoms with Crippen molar-refractivity contribution < 1.29 is 0 Å². The molecule has 0 N–H and O–H groups in total. The van der Waals surface area contributed by atoms with Gasteiger partial charge in [-0.25, -0.2) is 0 Å². The van der Waals surface area contributed by atoms with Crippen molar-refractivity contribution in [2.45, 2.75) is 27.2 Å². The highest BCUT2D eigenvalue weighted by molar-refractivity contribution is 5.71. The predicted octanol–water partition coefficient (Wildman–Crippen LogP) is 3.19. The fourth-order valence-electron chi connectivity index (χ4n) is 0.579. The zero-order valence-corrected chi connectivity index (χ0v) is 7.62. The van der Waals surface area contributed by atoms with Crippen LogP contribution in [0.25, 0.3) is 0 Å². The smallest absolute Gasteiger partial charge is 0.0264 e. The molecule has 0 aliphatic carbocycles. The Hall–Kier alpha value is -0.850. The van der Waals surface area contributed by atoms with Gasteiger partial charge in [0, 0.05) is 12.4 Å². The standard InChI is InChI=1S/C10H17N/c1-4-5-8-11-9-6-7-10(2)3/h4-6,8-10H,7H2,1-3H3/b5-4-,9-6-,11-8-. The van der Waals surface area contributed by atoms with Crippen LogP contribution in [0.3, 0.4) is 0 Å². The second-order valence-corrected chi connectivity index (χ2v) is 2.84. The minimum Gasteiger partial charge on any atom is -0.265 e. The molecule has 0 radical (unpaired) electrons. The summed E-state index contributed by atoms with van der Waals surface area (Å²) in [7, 11) is 0. The Morgan fingerprint density at radius 3 is 2.64 bits per heavy atom. The Morgan fingerprint density at radius 1 is 1.36 bits per heavy atom. The van der Waals surface area contributed by atoms with Crippen LogP contribution >= 0.6 is 0 Å². The Bertz CT molecular complexity index is 152. The van der Waals surface area contributed by atoms with Gasteiger partial charge < -0.3 is 0 Å². The molecule has 0 saturated carbocycles. The number of aliphatic imine (C=N–C) groups is 1. The van der Waals surface area contributed by atoms with E-state index in [0.717, 1.165) is 12.3 Å². The zero-order chi connectivity index (χ0) is 8.53. The summed E-state index contributed by atoms with van der Waals surface area (Å²) in [5.41, 5.74) is 0. The van der Waals surface area contributed by atoms with Crippen LogP contribution in [0.4, 0.5) is 0 Å². The third kappa shape index (κ3) is 9.15. The molecule has 0 aliphatic rings. The molecule has 0 bridgehead atoms. The molecule has 1 nitrogen and oxygen atoms in total. The van der Waals surface area contributed by atoms with Gasteiger partial charge >= 0.3 is 0 Å². The molecule has 0 aromatic carbocycles. The van der Waals surface area contributed by atoms with Crippen molar-refractivity contribution in [2.24, 2.45) is 10.9 Å². The highest BCUT2D eigenvalue weighted by Crippen LogP contribution is 1.99. The molecule has 11 heavy (non-hydrogen) atoms. The lowest BCUT2D eigenvalue weighted by Gasteiger charge is -1.93. The molecular weight excluding hydrogens is 134 g/mol. The largest absolute Gasteiger partial charge is 0.265 e. The Labute approximate surface area is 69.5 Å². The molecule has 0 fully saturated rings. The van der Waals surface area contributed by atoms with Crippen molar-refractivity contribution in [1.29, 1.82) is 0 Å². The highest BCUT2D eigenvalue weighted by Gasteiger charge is 1.84. The number of hydrogen-bond acceptors (Lipinski definition) is 1. The quantitative estimate of drug-likeness (QED) is 0.547. The van der Waals surface area contributed by atoms with Crippen molar-refractivity contribution in [2.75, 3.05) is 0 Å². The van der Waals surface area contributed by atoms with E-state index in [-0.39, 0.29) is 0 Å². The number of hydrogen-bond donors (Lipinski definition) is 0. The molecule has 0 rings (SSSR count). The zero-order valence-electron chi connectivity index (χ0n) is 7.62. The Morgan fingerprint density at radius 2 is 2.09 bits per heavy atom. The summed E-state index contributed by atoms with van der Waals surface area (Å²) in [5.74, 6) is 0.725. The first-order valence-corrected chi connectivity index (χ1v) is 4.06. The van der Waals surface area contributed by atoms with E-state index >= 15 is 0 Å². The maximum Gasteiger partial charge on any atom is 0.0264 e. The van der Waals surface area contributed by atoms with E-state index in [1.807, 2.05) is 25.3 Å². The van der Waals surface area contributed by atoms with Gasteiger partial charge in [0.05, 0.1) is 0 Å². The predicted molar refractivity (Wildman–Crippen MR) is 51.9 cm³/mol. The molecule has 62 valence electrons. The van der Waals surface area contributed by atoms with Gasteiger partial charge in [-0.1, -0.05) is 26.0 Å². The second kappa shape index (κ2) is 7.26. The maximum absolute atomic E-state index is 4.04. The first-order chi connectivity index (χ1) is 5.27. The Balaban J connectivity index is 3.44. The van der Waals surface area contributed by atoms with Crippen LogP contribution < -0.4 is 0 Å². The summed E-state index contributed by atoms with van der Waals surface area (Å²) >= 11 is 0. The number of allylic oxidation sites excluding steroid dienone is 3. The third-order valence-corrected chi connectivity index (χ3v) is 1.16. The van der Waals surface area contributed by atoms with Gasteiger partial charge in [0.15, 0.2) is 0 Å². The van der Waals surface area contributed by atoms with Gasteiger partial charge in [0.1, 0.15) is 0 Å². The minimum atomic E-state index is 0.725. The lowest BCUT2D eigenvalue weighted by atomic mass is 10.1. The van der Waals surface area contributed by atoms with Crippen molar-refractivity contribution in [3.63, 3.8) is 0 Å². The molecule has 1 heteroatoms. The molecule has 0 saturated heterocycles. The molecule has 0 unspecified atom stereocenters. The molecular formula is C10H17N. The van der Waals surface area contributed by atoms with Crippen LogP contribution in [0.2, 0.25) is 0 Å². The van der Waals surface area contributed by atoms with Gasteiger partial charge in [-0.2, -0.15) is 0 Å². The van der Waals surface area contributed by atoms with Crippen LogP contribution in [0, 0.1) is 5.92 Å². The monoisotopic (exact) mass is 151 g/mol. The topological polar surface area (TPSA) is 12.4 Å². The summed E-state index contributed by atoms with van der Waals surface area (Å²) in [5, 5.41) is 0. The summed E-state index contributed by atoms with van der Waals surface area (Å²) < 4.78 is 0. The second-order valence-electron chi connectivity index (χ2n) is 2.84. The Kier molecular flexibility index (Phi) is 6.70. The lowest BCUT2D eigenvalue weighted by Crippen LogP contribution is -1.80. The third-order valence-electron chi connectivity index (χ3n) is 1.16. The molecule has 0 aliphatic heterocycles. The van der Waals surface area contributed by atoms with Gasteiger partial charge in [0.25, 0.3) is 0 Å². The van der Waals surface area contributed by atoms with E-state index in [1.165, 1.54) is 0 Å². The molecule has 0 aromatic heterocycles. The normalized spacial score (nSPS) is 13.1. The summed E-state index contributed by atoms with van der Waals surface area (Å²) in [6.45, 7) is 6.36. The van der Waals surface area contributed by atoms with Crippen LogP contribution in [0.5, 0.6) is 0 Å². The van der Waals surface area contributed by atoms with Crippen LogP contribution in [-0.4, -0.2) is 6.21 Å². The van der Waals surface area contributed by atoms with Gasteiger partial charge in [-0.3, -0.25) is 4.99 Å². The number of rotatable bonds is 4. The molecule has 0 amide bonds. The first-order valence-electron chi connectivity index (χ1n) is 4.06. The van der Waals surface area contributed by atoms with E-state index < -0.39 is 0 Å². The molecule has 0 heterocycles. The van der Waals surface area contributed by atoms with Gasteiger partial charge in [0.2, 0.25) is 0 Å². The van der Waals surface area contributed by atoms with Crippen molar-refractivity contribution in [3.05, 3.63) is 24.4 Å². The fourth-order valence-corrected chi connectivity index (χ4v) is 0.579. The maximum atomic E-state index is 4.04. The van der Waals surface area contributed by atoms with Gasteiger partial charge in [-0.05, 0) is 25.3 Å². The lowest BCUT2D eigenvalue weighted by molar-refractivity contribution is 0.663. The van der Waals surface area contributed by atoms with Crippen LogP contribution in [-0.2, 0) is 0 Å². The van der Waals surface area contributed by atoms with Crippen LogP contribution in [0.1, 0.15) is 27.2 Å². The van der Waals surface area contributed by atoms with Gasteiger partial charge in [-0.15, -0.1) is 0 Å². The molecule has 0 atom stereocenters. The summed E-state index contributed by atoms with van der Waals surface area (Å²) in [6, 6.07) is 0. The van der Waals surface area contributed by atoms with Crippen LogP contribution in [0.15, 0.2) is 29.4 Å².